The maximum atomic E-state index is 10.8. The van der Waals surface area contributed by atoms with Crippen molar-refractivity contribution < 1.29 is 9.53 Å². The summed E-state index contributed by atoms with van der Waals surface area (Å²) in [4.78, 5) is 10.8. The zero-order valence-electron chi connectivity index (χ0n) is 8.50. The third kappa shape index (κ3) is 2.59. The van der Waals surface area contributed by atoms with Gasteiger partial charge in [-0.2, -0.15) is 5.26 Å². The summed E-state index contributed by atoms with van der Waals surface area (Å²) < 4.78 is 4.39. The van der Waals surface area contributed by atoms with E-state index < -0.39 is 5.97 Å². The molecular formula is C12H9NO2. The van der Waals surface area contributed by atoms with Crippen LogP contribution in [-0.4, -0.2) is 13.1 Å². The van der Waals surface area contributed by atoms with Crippen LogP contribution in [0.5, 0.6) is 0 Å². The van der Waals surface area contributed by atoms with E-state index in [1.54, 1.807) is 12.1 Å². The van der Waals surface area contributed by atoms with E-state index in [-0.39, 0.29) is 0 Å². The SMILES string of the molecule is COC(=O)C#Cc1c(C)cccc1C#N. The van der Waals surface area contributed by atoms with Crippen molar-refractivity contribution in [3.8, 4) is 17.9 Å². The Morgan fingerprint density at radius 3 is 2.80 bits per heavy atom. The number of hydrogen-bond acceptors (Lipinski definition) is 3. The number of aryl methyl sites for hydroxylation is 1. The van der Waals surface area contributed by atoms with Crippen LogP contribution in [0.2, 0.25) is 0 Å². The predicted molar refractivity (Wildman–Crippen MR) is 54.8 cm³/mol. The summed E-state index contributed by atoms with van der Waals surface area (Å²) in [6, 6.07) is 7.29. The molecule has 3 heteroatoms. The van der Waals surface area contributed by atoms with Crippen molar-refractivity contribution in [2.45, 2.75) is 6.92 Å². The molecule has 0 saturated heterocycles. The van der Waals surface area contributed by atoms with E-state index in [0.717, 1.165) is 5.56 Å². The van der Waals surface area contributed by atoms with Crippen LogP contribution >= 0.6 is 0 Å². The molecule has 15 heavy (non-hydrogen) atoms. The van der Waals surface area contributed by atoms with Gasteiger partial charge in [-0.1, -0.05) is 18.1 Å². The second kappa shape index (κ2) is 4.83. The predicted octanol–water partition coefficient (Wildman–Crippen LogP) is 1.39. The molecule has 1 rings (SSSR count). The molecule has 0 unspecified atom stereocenters. The first kappa shape index (κ1) is 10.8. The van der Waals surface area contributed by atoms with Crippen LogP contribution in [0.25, 0.3) is 0 Å². The third-order valence-electron chi connectivity index (χ3n) is 1.87. The van der Waals surface area contributed by atoms with Gasteiger partial charge >= 0.3 is 5.97 Å². The summed E-state index contributed by atoms with van der Waals surface area (Å²) in [5.74, 6) is 4.33. The lowest BCUT2D eigenvalue weighted by Crippen LogP contribution is -1.95. The molecule has 1 aromatic carbocycles. The lowest BCUT2D eigenvalue weighted by Gasteiger charge is -1.98. The summed E-state index contributed by atoms with van der Waals surface area (Å²) in [6.07, 6.45) is 0. The smallest absolute Gasteiger partial charge is 0.384 e. The van der Waals surface area contributed by atoms with Gasteiger partial charge in [-0.05, 0) is 18.6 Å². The zero-order valence-corrected chi connectivity index (χ0v) is 8.50. The fourth-order valence-corrected chi connectivity index (χ4v) is 1.09. The summed E-state index contributed by atoms with van der Waals surface area (Å²) in [6.45, 7) is 1.84. The first-order valence-corrected chi connectivity index (χ1v) is 4.28. The molecule has 0 fully saturated rings. The van der Waals surface area contributed by atoms with Crippen LogP contribution < -0.4 is 0 Å². The lowest BCUT2D eigenvalue weighted by molar-refractivity contribution is -0.133. The summed E-state index contributed by atoms with van der Waals surface area (Å²) in [7, 11) is 1.26. The Labute approximate surface area is 88.3 Å². The van der Waals surface area contributed by atoms with E-state index in [2.05, 4.69) is 16.6 Å². The molecule has 0 radical (unpaired) electrons. The standard InChI is InChI=1S/C12H9NO2/c1-9-4-3-5-10(8-13)11(9)6-7-12(14)15-2/h3-5H,1-2H3. The van der Waals surface area contributed by atoms with Crippen LogP contribution in [-0.2, 0) is 9.53 Å². The van der Waals surface area contributed by atoms with E-state index in [1.165, 1.54) is 7.11 Å². The van der Waals surface area contributed by atoms with Crippen molar-refractivity contribution in [1.29, 1.82) is 5.26 Å². The minimum absolute atomic E-state index is 0.464. The number of nitrogens with zero attached hydrogens (tertiary/aromatic N) is 1. The minimum atomic E-state index is -0.609. The fourth-order valence-electron chi connectivity index (χ4n) is 1.09. The Morgan fingerprint density at radius 1 is 1.47 bits per heavy atom. The van der Waals surface area contributed by atoms with Crippen molar-refractivity contribution >= 4 is 5.97 Å². The Bertz CT molecular complexity index is 487. The molecule has 0 aliphatic carbocycles. The molecular weight excluding hydrogens is 190 g/mol. The van der Waals surface area contributed by atoms with Gasteiger partial charge in [0.05, 0.1) is 12.7 Å². The molecule has 1 aromatic rings. The second-order valence-electron chi connectivity index (χ2n) is 2.85. The Balaban J connectivity index is 3.18. The number of esters is 1. The number of methoxy groups -OCH3 is 1. The molecule has 0 N–H and O–H groups in total. The molecule has 0 spiro atoms. The van der Waals surface area contributed by atoms with Crippen molar-refractivity contribution in [2.24, 2.45) is 0 Å². The highest BCUT2D eigenvalue weighted by Crippen LogP contribution is 2.11. The Hall–Kier alpha value is -2.26. The quantitative estimate of drug-likeness (QED) is 0.468. The van der Waals surface area contributed by atoms with Crippen LogP contribution in [0.1, 0.15) is 16.7 Å². The first-order valence-electron chi connectivity index (χ1n) is 4.28. The van der Waals surface area contributed by atoms with Crippen LogP contribution in [0, 0.1) is 30.1 Å². The molecule has 74 valence electrons. The fraction of sp³-hybridized carbons (Fsp3) is 0.167. The normalized spacial score (nSPS) is 8.33. The highest BCUT2D eigenvalue weighted by Gasteiger charge is 2.01. The molecule has 0 heterocycles. The van der Waals surface area contributed by atoms with E-state index in [9.17, 15) is 4.79 Å². The third-order valence-corrected chi connectivity index (χ3v) is 1.87. The molecule has 3 nitrogen and oxygen atoms in total. The van der Waals surface area contributed by atoms with E-state index in [4.69, 9.17) is 5.26 Å². The second-order valence-corrected chi connectivity index (χ2v) is 2.85. The number of rotatable bonds is 0. The lowest BCUT2D eigenvalue weighted by atomic mass is 10.0. The highest BCUT2D eigenvalue weighted by molar-refractivity contribution is 5.89. The van der Waals surface area contributed by atoms with Gasteiger partial charge < -0.3 is 4.74 Å². The van der Waals surface area contributed by atoms with E-state index in [1.807, 2.05) is 19.1 Å². The summed E-state index contributed by atoms with van der Waals surface area (Å²) in [5.41, 5.74) is 1.90. The number of nitriles is 1. The largest absolute Gasteiger partial charge is 0.459 e. The molecule has 0 saturated carbocycles. The minimum Gasteiger partial charge on any atom is -0.459 e. The van der Waals surface area contributed by atoms with Gasteiger partial charge in [0.15, 0.2) is 0 Å². The topological polar surface area (TPSA) is 50.1 Å². The first-order chi connectivity index (χ1) is 7.19. The average Bonchev–Trinajstić information content (AvgIpc) is 2.26. The molecule has 0 aliphatic heterocycles. The van der Waals surface area contributed by atoms with Crippen LogP contribution in [0.15, 0.2) is 18.2 Å². The van der Waals surface area contributed by atoms with Crippen molar-refractivity contribution in [2.75, 3.05) is 7.11 Å². The number of carbonyl (C=O) groups is 1. The van der Waals surface area contributed by atoms with E-state index in [0.29, 0.717) is 11.1 Å². The number of carbonyl (C=O) groups excluding carboxylic acids is 1. The number of benzene rings is 1. The zero-order chi connectivity index (χ0) is 11.3. The summed E-state index contributed by atoms with van der Waals surface area (Å²) >= 11 is 0. The number of hydrogen-bond donors (Lipinski definition) is 0. The summed E-state index contributed by atoms with van der Waals surface area (Å²) in [5, 5.41) is 8.83. The van der Waals surface area contributed by atoms with Crippen molar-refractivity contribution in [1.82, 2.24) is 0 Å². The van der Waals surface area contributed by atoms with Crippen LogP contribution in [0.4, 0.5) is 0 Å². The van der Waals surface area contributed by atoms with Gasteiger partial charge in [-0.15, -0.1) is 0 Å². The van der Waals surface area contributed by atoms with Crippen molar-refractivity contribution in [3.05, 3.63) is 34.9 Å². The molecule has 0 amide bonds. The highest BCUT2D eigenvalue weighted by atomic mass is 16.5. The maximum Gasteiger partial charge on any atom is 0.384 e. The van der Waals surface area contributed by atoms with Gasteiger partial charge in [0.1, 0.15) is 6.07 Å². The molecule has 0 atom stereocenters. The average molecular weight is 199 g/mol. The van der Waals surface area contributed by atoms with Gasteiger partial charge in [0.2, 0.25) is 0 Å². The molecule has 0 aliphatic rings. The molecule has 0 aromatic heterocycles. The van der Waals surface area contributed by atoms with Gasteiger partial charge in [-0.3, -0.25) is 0 Å². The monoisotopic (exact) mass is 199 g/mol. The van der Waals surface area contributed by atoms with Crippen molar-refractivity contribution in [3.63, 3.8) is 0 Å². The number of ether oxygens (including phenoxy) is 1. The van der Waals surface area contributed by atoms with Crippen LogP contribution in [0.3, 0.4) is 0 Å². The Kier molecular flexibility index (Phi) is 3.49. The Morgan fingerprint density at radius 2 is 2.20 bits per heavy atom. The van der Waals surface area contributed by atoms with Gasteiger partial charge in [-0.25, -0.2) is 4.79 Å². The maximum absolute atomic E-state index is 10.8. The van der Waals surface area contributed by atoms with Gasteiger partial charge in [0, 0.05) is 11.5 Å². The van der Waals surface area contributed by atoms with Gasteiger partial charge in [0.25, 0.3) is 0 Å². The van der Waals surface area contributed by atoms with E-state index >= 15 is 0 Å². The molecule has 0 bridgehead atoms.